The number of nitrogens with zero attached hydrogens (tertiary/aromatic N) is 5. The van der Waals surface area contributed by atoms with Gasteiger partial charge in [-0.05, 0) is 12.8 Å². The summed E-state index contributed by atoms with van der Waals surface area (Å²) in [5, 5.41) is 2.06. The van der Waals surface area contributed by atoms with Crippen molar-refractivity contribution < 1.29 is 4.79 Å². The van der Waals surface area contributed by atoms with Crippen molar-refractivity contribution in [1.29, 1.82) is 0 Å². The van der Waals surface area contributed by atoms with E-state index in [0.717, 1.165) is 36.6 Å². The van der Waals surface area contributed by atoms with E-state index in [-0.39, 0.29) is 5.91 Å². The number of carbonyl (C=O) groups is 1. The third kappa shape index (κ3) is 4.09. The number of aromatic amines is 1. The van der Waals surface area contributed by atoms with Gasteiger partial charge in [0.25, 0.3) is 0 Å². The molecule has 142 valence electrons. The van der Waals surface area contributed by atoms with E-state index in [9.17, 15) is 4.79 Å². The van der Waals surface area contributed by atoms with Crippen LogP contribution in [0.3, 0.4) is 0 Å². The fraction of sp³-hybridized carbons (Fsp3) is 0.444. The molecule has 1 atom stereocenters. The maximum Gasteiger partial charge on any atom is 0.239 e. The lowest BCUT2D eigenvalue weighted by atomic mass is 9.95. The van der Waals surface area contributed by atoms with Crippen LogP contribution in [-0.2, 0) is 17.8 Å². The lowest BCUT2D eigenvalue weighted by Gasteiger charge is -2.33. The highest BCUT2D eigenvalue weighted by Gasteiger charge is 2.29. The first-order valence-electron chi connectivity index (χ1n) is 9.10. The summed E-state index contributed by atoms with van der Waals surface area (Å²) in [4.78, 5) is 30.4. The van der Waals surface area contributed by atoms with Gasteiger partial charge in [-0.2, -0.15) is 0 Å². The summed E-state index contributed by atoms with van der Waals surface area (Å²) in [6, 6.07) is -0.534. The average molecular weight is 385 g/mol. The van der Waals surface area contributed by atoms with Crippen LogP contribution in [-0.4, -0.2) is 54.4 Å². The number of piperidine rings is 1. The van der Waals surface area contributed by atoms with Crippen LogP contribution < -0.4 is 5.73 Å². The van der Waals surface area contributed by atoms with Crippen molar-refractivity contribution in [3.05, 3.63) is 53.0 Å². The summed E-state index contributed by atoms with van der Waals surface area (Å²) in [6.45, 7) is 2.17. The molecule has 0 spiro atoms. The highest BCUT2D eigenvalue weighted by molar-refractivity contribution is 7.07. The molecule has 0 bridgehead atoms. The summed E-state index contributed by atoms with van der Waals surface area (Å²) in [7, 11) is 0. The standard InChI is InChI=1S/C18H23N7OS/c19-16(7-14-8-20-11-22-14)18(26)24-4-1-13(2-5-24)17-21-3-6-25(17)9-15-10-27-12-23-15/h3,6,8,10-13,16H,1-2,4-5,7,9,19H2,(H,20,22)/t16-/m0/s1. The van der Waals surface area contributed by atoms with Crippen LogP contribution in [0.4, 0.5) is 0 Å². The number of hydrogen-bond donors (Lipinski definition) is 2. The maximum atomic E-state index is 12.6. The van der Waals surface area contributed by atoms with Crippen LogP contribution >= 0.6 is 11.3 Å². The first-order chi connectivity index (χ1) is 13.2. The van der Waals surface area contributed by atoms with Gasteiger partial charge in [-0.15, -0.1) is 11.3 Å². The lowest BCUT2D eigenvalue weighted by Crippen LogP contribution is -2.48. The Morgan fingerprint density at radius 2 is 2.22 bits per heavy atom. The molecular formula is C18H23N7OS. The van der Waals surface area contributed by atoms with Crippen LogP contribution in [0, 0.1) is 0 Å². The molecule has 3 aromatic rings. The van der Waals surface area contributed by atoms with E-state index in [1.165, 1.54) is 0 Å². The first-order valence-corrected chi connectivity index (χ1v) is 10.0. The van der Waals surface area contributed by atoms with Crippen molar-refractivity contribution in [3.8, 4) is 0 Å². The molecule has 27 heavy (non-hydrogen) atoms. The van der Waals surface area contributed by atoms with Crippen molar-refractivity contribution >= 4 is 17.2 Å². The number of aromatic nitrogens is 5. The van der Waals surface area contributed by atoms with E-state index in [2.05, 4.69) is 29.9 Å². The molecule has 1 aliphatic rings. The normalized spacial score (nSPS) is 16.6. The van der Waals surface area contributed by atoms with Gasteiger partial charge >= 0.3 is 0 Å². The minimum Gasteiger partial charge on any atom is -0.348 e. The quantitative estimate of drug-likeness (QED) is 0.667. The van der Waals surface area contributed by atoms with E-state index in [4.69, 9.17) is 5.73 Å². The summed E-state index contributed by atoms with van der Waals surface area (Å²) >= 11 is 1.60. The Kier molecular flexibility index (Phi) is 5.30. The molecule has 0 radical (unpaired) electrons. The molecule has 1 saturated heterocycles. The fourth-order valence-corrected chi connectivity index (χ4v) is 4.17. The minimum atomic E-state index is -0.534. The summed E-state index contributed by atoms with van der Waals surface area (Å²) in [5.41, 5.74) is 9.89. The van der Waals surface area contributed by atoms with E-state index < -0.39 is 6.04 Å². The molecule has 9 heteroatoms. The summed E-state index contributed by atoms with van der Waals surface area (Å²) < 4.78 is 2.17. The largest absolute Gasteiger partial charge is 0.348 e. The second kappa shape index (κ2) is 8.01. The monoisotopic (exact) mass is 385 g/mol. The van der Waals surface area contributed by atoms with Gasteiger partial charge in [-0.25, -0.2) is 15.0 Å². The van der Waals surface area contributed by atoms with Gasteiger partial charge in [0.15, 0.2) is 0 Å². The summed E-state index contributed by atoms with van der Waals surface area (Å²) in [6.07, 6.45) is 9.45. The van der Waals surface area contributed by atoms with Crippen LogP contribution in [0.5, 0.6) is 0 Å². The van der Waals surface area contributed by atoms with E-state index in [0.29, 0.717) is 25.4 Å². The number of imidazole rings is 2. The van der Waals surface area contributed by atoms with Gasteiger partial charge < -0.3 is 20.2 Å². The zero-order chi connectivity index (χ0) is 18.6. The zero-order valence-corrected chi connectivity index (χ0v) is 15.8. The SMILES string of the molecule is N[C@@H](Cc1cnc[nH]1)C(=O)N1CCC(c2nccn2Cc2cscn2)CC1. The van der Waals surface area contributed by atoms with E-state index in [1.807, 2.05) is 22.8 Å². The number of hydrogen-bond acceptors (Lipinski definition) is 6. The molecule has 1 aliphatic heterocycles. The molecule has 3 aromatic heterocycles. The van der Waals surface area contributed by atoms with Crippen molar-refractivity contribution in [3.63, 3.8) is 0 Å². The Hall–Kier alpha value is -2.52. The number of likely N-dealkylation sites (tertiary alicyclic amines) is 1. The Labute approximate surface area is 161 Å². The van der Waals surface area contributed by atoms with Crippen LogP contribution in [0.25, 0.3) is 0 Å². The van der Waals surface area contributed by atoms with Gasteiger partial charge in [-0.1, -0.05) is 0 Å². The average Bonchev–Trinajstić information content (AvgIpc) is 3.45. The second-order valence-corrected chi connectivity index (χ2v) is 7.60. The molecule has 0 aliphatic carbocycles. The van der Waals surface area contributed by atoms with Crippen molar-refractivity contribution in [2.45, 2.75) is 37.8 Å². The van der Waals surface area contributed by atoms with Crippen molar-refractivity contribution in [2.24, 2.45) is 5.73 Å². The predicted molar refractivity (Wildman–Crippen MR) is 102 cm³/mol. The Balaban J connectivity index is 1.34. The van der Waals surface area contributed by atoms with E-state index >= 15 is 0 Å². The molecule has 1 amide bonds. The third-order valence-electron chi connectivity index (χ3n) is 5.05. The number of nitrogens with one attached hydrogen (secondary N) is 1. The second-order valence-electron chi connectivity index (χ2n) is 6.88. The number of nitrogens with two attached hydrogens (primary N) is 1. The molecule has 8 nitrogen and oxygen atoms in total. The Morgan fingerprint density at radius 1 is 1.37 bits per heavy atom. The highest BCUT2D eigenvalue weighted by Crippen LogP contribution is 2.27. The Morgan fingerprint density at radius 3 is 2.93 bits per heavy atom. The number of thiazole rings is 1. The molecule has 0 saturated carbocycles. The Bertz CT molecular complexity index is 850. The molecule has 4 heterocycles. The zero-order valence-electron chi connectivity index (χ0n) is 15.0. The molecule has 0 unspecified atom stereocenters. The number of amides is 1. The molecular weight excluding hydrogens is 362 g/mol. The van der Waals surface area contributed by atoms with Gasteiger partial charge in [-0.3, -0.25) is 4.79 Å². The number of carbonyl (C=O) groups excluding carboxylic acids is 1. The van der Waals surface area contributed by atoms with Gasteiger partial charge in [0.2, 0.25) is 5.91 Å². The van der Waals surface area contributed by atoms with E-state index in [1.54, 1.807) is 23.9 Å². The third-order valence-corrected chi connectivity index (χ3v) is 5.68. The van der Waals surface area contributed by atoms with Crippen LogP contribution in [0.2, 0.25) is 0 Å². The van der Waals surface area contributed by atoms with Crippen molar-refractivity contribution in [1.82, 2.24) is 29.4 Å². The van der Waals surface area contributed by atoms with Gasteiger partial charge in [0.1, 0.15) is 5.82 Å². The topological polar surface area (TPSA) is 106 Å². The van der Waals surface area contributed by atoms with Crippen LogP contribution in [0.15, 0.2) is 35.8 Å². The van der Waals surface area contributed by atoms with Gasteiger partial charge in [0.05, 0.1) is 30.1 Å². The molecule has 3 N–H and O–H groups in total. The lowest BCUT2D eigenvalue weighted by molar-refractivity contribution is -0.133. The van der Waals surface area contributed by atoms with Crippen LogP contribution in [0.1, 0.15) is 36.0 Å². The van der Waals surface area contributed by atoms with Crippen molar-refractivity contribution in [2.75, 3.05) is 13.1 Å². The maximum absolute atomic E-state index is 12.6. The fourth-order valence-electron chi connectivity index (χ4n) is 3.62. The van der Waals surface area contributed by atoms with Gasteiger partial charge in [0, 0.05) is 55.1 Å². The molecule has 1 fully saturated rings. The predicted octanol–water partition coefficient (Wildman–Crippen LogP) is 1.39. The number of rotatable bonds is 6. The highest BCUT2D eigenvalue weighted by atomic mass is 32.1. The molecule has 0 aromatic carbocycles. The summed E-state index contributed by atoms with van der Waals surface area (Å²) in [5.74, 6) is 1.44. The minimum absolute atomic E-state index is 0.00821. The molecule has 4 rings (SSSR count). The first kappa shape index (κ1) is 17.9. The number of H-pyrrole nitrogens is 1. The smallest absolute Gasteiger partial charge is 0.239 e.